The average Bonchev–Trinajstić information content (AvgIpc) is 0.937. The molecule has 546 valence electrons. The molecular weight excluding hydrogens is 1330 g/mol. The van der Waals surface area contributed by atoms with Crippen LogP contribution in [0.1, 0.15) is 63.5 Å². The van der Waals surface area contributed by atoms with Crippen LogP contribution in [0, 0.1) is 5.92 Å². The summed E-state index contributed by atoms with van der Waals surface area (Å²) in [5.74, 6) is 0.361. The minimum absolute atomic E-state index is 0.0346. The summed E-state index contributed by atoms with van der Waals surface area (Å²) in [6.07, 6.45) is 3.62. The van der Waals surface area contributed by atoms with Gasteiger partial charge in [-0.25, -0.2) is 14.4 Å². The number of hydrogen-bond donors (Lipinski definition) is 4. The quantitative estimate of drug-likeness (QED) is 0.0312. The SMILES string of the molecule is CC1=C(C(=O)OCc2ccccc2)N2C(=O)[C@H](CC(=O)CCOCCOCCOCCOCCOCCOCCOCCOCCOCCOCCOCCOCCNC(=O)CCCC[C@@H]3SC[C@@H]4NC(=O)N[C@@H]43)[C@@H]2SC1.CC1=C(C(=O)OCc2ccccc2)N2C(=O)[C@H](N)[C@@H]2SC1. The van der Waals surface area contributed by atoms with E-state index in [1.807, 2.05) is 86.3 Å². The standard InChI is InChI=1S/C53H84N4O18S2.C15H16N2O3S/c1-41-39-77-51-44(50(60)57(51)49(41)52(61)75-38-42-7-3-2-4-8-42)37-43(58)11-13-63-15-17-65-19-21-67-23-25-69-27-29-71-31-33-73-35-36-74-34-32-72-30-28-70-26-24-68-22-20-66-18-16-64-14-12-54-47(59)10-6-5-9-46-48-45(40-76-46)55-53(62)56-48;1-9-8-21-14-11(16)13(18)17(14)12(9)15(19)20-7-10-5-3-2-4-6-10/h2-4,7-8,44-46,48,51H,5-6,9-40H2,1H3,(H,54,59)(H2,55,56,62);2-6,11,14H,7-8,16H2,1H3/t44-,45-,46-,48-,51-;11-,14-/m00/s1. The van der Waals surface area contributed by atoms with E-state index in [1.165, 1.54) is 9.80 Å². The monoisotopic (exact) mass is 1430 g/mol. The Bertz CT molecular complexity index is 2800. The Hall–Kier alpha value is -5.26. The van der Waals surface area contributed by atoms with Gasteiger partial charge in [-0.2, -0.15) is 11.8 Å². The third kappa shape index (κ3) is 28.3. The molecule has 6 aliphatic rings. The van der Waals surface area contributed by atoms with Gasteiger partial charge in [-0.15, -0.1) is 23.5 Å². The van der Waals surface area contributed by atoms with Gasteiger partial charge in [-0.05, 0) is 49.0 Å². The van der Waals surface area contributed by atoms with E-state index in [2.05, 4.69) is 16.0 Å². The normalized spacial score (nSPS) is 20.7. The Labute approximate surface area is 587 Å². The van der Waals surface area contributed by atoms with Gasteiger partial charge in [0.05, 0.1) is 182 Å². The summed E-state index contributed by atoms with van der Waals surface area (Å²) in [5, 5.41) is 8.89. The molecule has 0 radical (unpaired) electrons. The number of carbonyl (C=O) groups is 7. The first-order valence-electron chi connectivity index (χ1n) is 33.8. The van der Waals surface area contributed by atoms with Crippen molar-refractivity contribution in [2.24, 2.45) is 11.7 Å². The summed E-state index contributed by atoms with van der Waals surface area (Å²) in [4.78, 5) is 89.4. The first-order chi connectivity index (χ1) is 47.9. The number of nitrogens with one attached hydrogen (secondary N) is 3. The zero-order chi connectivity index (χ0) is 69.4. The van der Waals surface area contributed by atoms with Crippen molar-refractivity contribution in [2.45, 2.75) is 99.7 Å². The Morgan fingerprint density at radius 2 is 0.908 bits per heavy atom. The third-order valence-corrected chi connectivity index (χ3v) is 20.4. The number of esters is 2. The summed E-state index contributed by atoms with van der Waals surface area (Å²) in [5.41, 5.74) is 9.85. The number of thioether (sulfide) groups is 3. The van der Waals surface area contributed by atoms with E-state index in [4.69, 9.17) is 72.0 Å². The lowest BCUT2D eigenvalue weighted by Crippen LogP contribution is -2.68. The molecule has 5 amide bonds. The number of amides is 5. The second kappa shape index (κ2) is 47.0. The van der Waals surface area contributed by atoms with Crippen molar-refractivity contribution in [2.75, 3.05) is 182 Å². The molecule has 6 aliphatic heterocycles. The first-order valence-corrected chi connectivity index (χ1v) is 36.9. The minimum Gasteiger partial charge on any atom is -0.456 e. The van der Waals surface area contributed by atoms with Crippen LogP contribution in [0.15, 0.2) is 83.2 Å². The first kappa shape index (κ1) is 80.1. The van der Waals surface area contributed by atoms with Crippen molar-refractivity contribution < 1.29 is 99.9 Å². The molecule has 0 unspecified atom stereocenters. The van der Waals surface area contributed by atoms with E-state index in [0.717, 1.165) is 47.3 Å². The number of fused-ring (bicyclic) bond motifs is 3. The number of rotatable bonds is 52. The Morgan fingerprint density at radius 1 is 0.500 bits per heavy atom. The third-order valence-electron chi connectivity index (χ3n) is 16.0. The Morgan fingerprint density at radius 3 is 1.36 bits per heavy atom. The number of carbonyl (C=O) groups excluding carboxylic acids is 7. The highest BCUT2D eigenvalue weighted by Gasteiger charge is 2.54. The maximum atomic E-state index is 13.1. The molecule has 5 N–H and O–H groups in total. The molecule has 0 saturated carbocycles. The molecule has 98 heavy (non-hydrogen) atoms. The lowest BCUT2D eigenvalue weighted by Gasteiger charge is -2.49. The van der Waals surface area contributed by atoms with Crippen molar-refractivity contribution in [3.8, 4) is 0 Å². The second-order valence-corrected chi connectivity index (χ2v) is 26.9. The van der Waals surface area contributed by atoms with Crippen LogP contribution in [-0.2, 0) is 108 Å². The molecule has 0 spiro atoms. The number of ether oxygens (including phenoxy) is 14. The van der Waals surface area contributed by atoms with Gasteiger partial charge in [0, 0.05) is 48.3 Å². The number of unbranched alkanes of at least 4 members (excludes halogenated alkanes) is 1. The highest BCUT2D eigenvalue weighted by Crippen LogP contribution is 2.46. The van der Waals surface area contributed by atoms with E-state index < -0.39 is 23.9 Å². The number of nitrogens with two attached hydrogens (primary N) is 1. The van der Waals surface area contributed by atoms with Crippen molar-refractivity contribution >= 4 is 76.8 Å². The van der Waals surface area contributed by atoms with Gasteiger partial charge in [-0.3, -0.25) is 29.0 Å². The molecule has 8 rings (SSSR count). The molecule has 7 atom stereocenters. The van der Waals surface area contributed by atoms with Crippen molar-refractivity contribution in [1.29, 1.82) is 0 Å². The topological polar surface area (TPSA) is 317 Å². The molecule has 6 heterocycles. The molecule has 30 heteroatoms. The predicted molar refractivity (Wildman–Crippen MR) is 367 cm³/mol. The van der Waals surface area contributed by atoms with Gasteiger partial charge in [0.25, 0.3) is 0 Å². The average molecular weight is 1430 g/mol. The molecule has 0 aliphatic carbocycles. The van der Waals surface area contributed by atoms with Gasteiger partial charge in [0.2, 0.25) is 17.7 Å². The number of ketones is 1. The maximum Gasteiger partial charge on any atom is 0.355 e. The van der Waals surface area contributed by atoms with Crippen LogP contribution >= 0.6 is 35.3 Å². The summed E-state index contributed by atoms with van der Waals surface area (Å²) < 4.78 is 77.2. The highest BCUT2D eigenvalue weighted by atomic mass is 32.2. The number of hydrogen-bond acceptors (Lipinski definition) is 25. The zero-order valence-corrected chi connectivity index (χ0v) is 59.0. The van der Waals surface area contributed by atoms with Crippen LogP contribution in [0.2, 0.25) is 0 Å². The smallest absolute Gasteiger partial charge is 0.355 e. The molecule has 27 nitrogen and oxygen atoms in total. The zero-order valence-electron chi connectivity index (χ0n) is 56.5. The fraction of sp³-hybridized carbons (Fsp3) is 0.662. The Balaban J connectivity index is 0.000000540. The van der Waals surface area contributed by atoms with Gasteiger partial charge in [0.15, 0.2) is 0 Å². The van der Waals surface area contributed by atoms with Crippen LogP contribution in [-0.4, -0.2) is 268 Å². The fourth-order valence-electron chi connectivity index (χ4n) is 10.8. The van der Waals surface area contributed by atoms with Gasteiger partial charge >= 0.3 is 18.0 Å². The van der Waals surface area contributed by atoms with Crippen LogP contribution in [0.4, 0.5) is 4.79 Å². The predicted octanol–water partition coefficient (Wildman–Crippen LogP) is 4.17. The van der Waals surface area contributed by atoms with Crippen molar-refractivity contribution in [3.63, 3.8) is 0 Å². The number of β-lactam (4-membered cyclic amide) rings is 2. The van der Waals surface area contributed by atoms with Gasteiger partial charge in [-0.1, -0.05) is 67.1 Å². The number of benzene rings is 2. The lowest BCUT2D eigenvalue weighted by atomic mass is 9.90. The van der Waals surface area contributed by atoms with Gasteiger partial charge < -0.3 is 88.0 Å². The largest absolute Gasteiger partial charge is 0.456 e. The van der Waals surface area contributed by atoms with Crippen molar-refractivity contribution in [1.82, 2.24) is 25.8 Å². The highest BCUT2D eigenvalue weighted by molar-refractivity contribution is 8.00. The van der Waals surface area contributed by atoms with Crippen LogP contribution < -0.4 is 21.7 Å². The van der Waals surface area contributed by atoms with E-state index in [1.54, 1.807) is 23.5 Å². The maximum absolute atomic E-state index is 13.1. The molecule has 4 saturated heterocycles. The van der Waals surface area contributed by atoms with Crippen LogP contribution in [0.5, 0.6) is 0 Å². The molecule has 2 aromatic rings. The van der Waals surface area contributed by atoms with Crippen molar-refractivity contribution in [3.05, 3.63) is 94.3 Å². The van der Waals surface area contributed by atoms with E-state index in [9.17, 15) is 33.6 Å². The summed E-state index contributed by atoms with van der Waals surface area (Å²) in [6, 6.07) is 18.7. The van der Waals surface area contributed by atoms with Crippen LogP contribution in [0.3, 0.4) is 0 Å². The number of urea groups is 1. The minimum atomic E-state index is -0.519. The Kier molecular flexibility index (Phi) is 38.4. The molecule has 2 aromatic carbocycles. The van der Waals surface area contributed by atoms with Gasteiger partial charge in [0.1, 0.15) is 41.8 Å². The number of Topliss-reactive ketones (excluding diaryl/α,β-unsaturated/α-hetero) is 1. The molecule has 0 aromatic heterocycles. The van der Waals surface area contributed by atoms with E-state index >= 15 is 0 Å². The van der Waals surface area contributed by atoms with E-state index in [-0.39, 0.29) is 85.0 Å². The fourth-order valence-corrected chi connectivity index (χ4v) is 15.0. The lowest BCUT2D eigenvalue weighted by molar-refractivity contribution is -0.156. The number of nitrogens with zero attached hydrogens (tertiary/aromatic N) is 2. The van der Waals surface area contributed by atoms with E-state index in [0.29, 0.717) is 193 Å². The summed E-state index contributed by atoms with van der Waals surface area (Å²) in [6.45, 7) is 15.0. The molecule has 0 bridgehead atoms. The molecule has 4 fully saturated rings. The van der Waals surface area contributed by atoms with Crippen LogP contribution in [0.25, 0.3) is 0 Å². The second-order valence-electron chi connectivity index (χ2n) is 23.4. The molecular formula is C68H100N6O21S3. The summed E-state index contributed by atoms with van der Waals surface area (Å²) in [7, 11) is 0. The summed E-state index contributed by atoms with van der Waals surface area (Å²) >= 11 is 5.05.